The third-order valence-electron chi connectivity index (χ3n) is 6.89. The van der Waals surface area contributed by atoms with Gasteiger partial charge in [0.25, 0.3) is 0 Å². The summed E-state index contributed by atoms with van der Waals surface area (Å²) in [6, 6.07) is 17.5. The van der Waals surface area contributed by atoms with Crippen molar-refractivity contribution in [1.82, 2.24) is 14.8 Å². The maximum atomic E-state index is 15.0. The number of nitrogens with one attached hydrogen (secondary N) is 1. The van der Waals surface area contributed by atoms with Gasteiger partial charge in [-0.05, 0) is 79.0 Å². The fraction of sp³-hybridized carbons (Fsp3) is 0.321. The maximum absolute atomic E-state index is 15.0. The van der Waals surface area contributed by atoms with Crippen LogP contribution >= 0.6 is 0 Å². The molecule has 0 spiro atoms. The Labute approximate surface area is 203 Å². The minimum Gasteiger partial charge on any atom is -0.408 e. The van der Waals surface area contributed by atoms with Gasteiger partial charge in [0.15, 0.2) is 5.58 Å². The lowest BCUT2D eigenvalue weighted by Gasteiger charge is -2.30. The van der Waals surface area contributed by atoms with Gasteiger partial charge in [0, 0.05) is 31.2 Å². The predicted molar refractivity (Wildman–Crippen MR) is 133 cm³/mol. The van der Waals surface area contributed by atoms with E-state index in [0.29, 0.717) is 35.8 Å². The van der Waals surface area contributed by atoms with Crippen LogP contribution in [0.3, 0.4) is 0 Å². The first kappa shape index (κ1) is 23.5. The third kappa shape index (κ3) is 5.36. The first-order valence-electron chi connectivity index (χ1n) is 12.1. The number of aromatic nitrogens is 1. The standard InChI is InChI=1S/C28H29F2N3O2/c1-2-33-13-3-4-24(33)18-32(16-19-5-9-23(29)10-6-19)17-22-14-20(7-11-25(22)30)21-8-12-26-27(15-21)35-28(34)31-26/h5-12,14-15,24H,2-4,13,16-18H2,1H3,(H,31,34). The molecule has 5 rings (SSSR count). The van der Waals surface area contributed by atoms with Gasteiger partial charge >= 0.3 is 5.76 Å². The van der Waals surface area contributed by atoms with E-state index in [0.717, 1.165) is 42.7 Å². The van der Waals surface area contributed by atoms with E-state index in [9.17, 15) is 13.6 Å². The monoisotopic (exact) mass is 477 g/mol. The van der Waals surface area contributed by atoms with Crippen LogP contribution in [0.4, 0.5) is 8.78 Å². The lowest BCUT2D eigenvalue weighted by Crippen LogP contribution is -2.39. The van der Waals surface area contributed by atoms with Gasteiger partial charge in [-0.3, -0.25) is 14.8 Å². The van der Waals surface area contributed by atoms with Gasteiger partial charge in [-0.1, -0.05) is 31.2 Å². The van der Waals surface area contributed by atoms with E-state index in [4.69, 9.17) is 4.42 Å². The van der Waals surface area contributed by atoms with Crippen LogP contribution in [0.2, 0.25) is 0 Å². The highest BCUT2D eigenvalue weighted by Gasteiger charge is 2.25. The zero-order valence-corrected chi connectivity index (χ0v) is 19.8. The van der Waals surface area contributed by atoms with Crippen LogP contribution in [0.1, 0.15) is 30.9 Å². The van der Waals surface area contributed by atoms with Crippen LogP contribution in [0.5, 0.6) is 0 Å². The summed E-state index contributed by atoms with van der Waals surface area (Å²) in [5.74, 6) is -1.02. The zero-order chi connectivity index (χ0) is 24.4. The number of fused-ring (bicyclic) bond motifs is 1. The Bertz CT molecular complexity index is 1360. The minimum atomic E-state index is -0.499. The lowest BCUT2D eigenvalue weighted by molar-refractivity contribution is 0.164. The Balaban J connectivity index is 1.42. The second kappa shape index (κ2) is 10.1. The summed E-state index contributed by atoms with van der Waals surface area (Å²) >= 11 is 0. The summed E-state index contributed by atoms with van der Waals surface area (Å²) in [7, 11) is 0. The van der Waals surface area contributed by atoms with Crippen LogP contribution in [0, 0.1) is 11.6 Å². The molecule has 0 amide bonds. The highest BCUT2D eigenvalue weighted by atomic mass is 19.1. The topological polar surface area (TPSA) is 52.5 Å². The second-order valence-corrected chi connectivity index (χ2v) is 9.25. The normalized spacial score (nSPS) is 16.5. The summed E-state index contributed by atoms with van der Waals surface area (Å²) in [5, 5.41) is 0. The Morgan fingerprint density at radius 2 is 1.80 bits per heavy atom. The summed E-state index contributed by atoms with van der Waals surface area (Å²) in [6.45, 7) is 6.12. The number of aromatic amines is 1. The molecule has 2 heterocycles. The molecular formula is C28H29F2N3O2. The molecule has 7 heteroatoms. The summed E-state index contributed by atoms with van der Waals surface area (Å²) in [5.41, 5.74) is 4.39. The molecule has 1 saturated heterocycles. The van der Waals surface area contributed by atoms with Gasteiger partial charge in [-0.15, -0.1) is 0 Å². The number of likely N-dealkylation sites (tertiary alicyclic amines) is 1. The van der Waals surface area contributed by atoms with E-state index >= 15 is 0 Å². The minimum absolute atomic E-state index is 0.258. The number of benzene rings is 3. The molecule has 1 aliphatic heterocycles. The average Bonchev–Trinajstić information content (AvgIpc) is 3.46. The van der Waals surface area contributed by atoms with Crippen LogP contribution in [-0.4, -0.2) is 40.5 Å². The molecule has 35 heavy (non-hydrogen) atoms. The van der Waals surface area contributed by atoms with Crippen LogP contribution < -0.4 is 5.76 Å². The molecule has 0 saturated carbocycles. The SMILES string of the molecule is CCN1CCCC1CN(Cc1ccc(F)cc1)Cc1cc(-c2ccc3[nH]c(=O)oc3c2)ccc1F. The van der Waals surface area contributed by atoms with Crippen molar-refractivity contribution in [3.8, 4) is 11.1 Å². The Hall–Kier alpha value is -3.29. The predicted octanol–water partition coefficient (Wildman–Crippen LogP) is 5.55. The molecule has 1 aromatic heterocycles. The van der Waals surface area contributed by atoms with Gasteiger partial charge in [0.2, 0.25) is 0 Å². The van der Waals surface area contributed by atoms with E-state index in [1.54, 1.807) is 30.3 Å². The molecule has 0 aliphatic carbocycles. The van der Waals surface area contributed by atoms with Gasteiger partial charge in [0.05, 0.1) is 5.52 Å². The highest BCUT2D eigenvalue weighted by Crippen LogP contribution is 2.27. The average molecular weight is 478 g/mol. The van der Waals surface area contributed by atoms with Gasteiger partial charge in [-0.2, -0.15) is 0 Å². The fourth-order valence-electron chi connectivity index (χ4n) is 5.09. The summed E-state index contributed by atoms with van der Waals surface area (Å²) in [4.78, 5) is 18.9. The molecule has 0 bridgehead atoms. The van der Waals surface area contributed by atoms with Crippen molar-refractivity contribution in [3.63, 3.8) is 0 Å². The molecule has 1 atom stereocenters. The smallest absolute Gasteiger partial charge is 0.408 e. The number of nitrogens with zero attached hydrogens (tertiary/aromatic N) is 2. The van der Waals surface area contributed by atoms with Gasteiger partial charge in [0.1, 0.15) is 11.6 Å². The van der Waals surface area contributed by atoms with Crippen molar-refractivity contribution in [1.29, 1.82) is 0 Å². The van der Waals surface area contributed by atoms with Crippen molar-refractivity contribution in [2.75, 3.05) is 19.6 Å². The molecule has 182 valence electrons. The molecule has 3 aromatic carbocycles. The van der Waals surface area contributed by atoms with Crippen LogP contribution in [-0.2, 0) is 13.1 Å². The molecule has 1 N–H and O–H groups in total. The molecule has 4 aromatic rings. The van der Waals surface area contributed by atoms with E-state index in [2.05, 4.69) is 21.7 Å². The molecule has 0 radical (unpaired) electrons. The van der Waals surface area contributed by atoms with E-state index < -0.39 is 5.76 Å². The number of H-pyrrole nitrogens is 1. The number of oxazole rings is 1. The molecular weight excluding hydrogens is 448 g/mol. The van der Waals surface area contributed by atoms with Gasteiger partial charge in [-0.25, -0.2) is 13.6 Å². The Morgan fingerprint density at radius 3 is 2.60 bits per heavy atom. The number of hydrogen-bond donors (Lipinski definition) is 1. The van der Waals surface area contributed by atoms with E-state index in [1.807, 2.05) is 12.1 Å². The summed E-state index contributed by atoms with van der Waals surface area (Å²) in [6.07, 6.45) is 2.29. The van der Waals surface area contributed by atoms with Crippen molar-refractivity contribution in [2.24, 2.45) is 0 Å². The van der Waals surface area contributed by atoms with Crippen molar-refractivity contribution in [3.05, 3.63) is 94.0 Å². The number of hydrogen-bond acceptors (Lipinski definition) is 4. The fourth-order valence-corrected chi connectivity index (χ4v) is 5.09. The second-order valence-electron chi connectivity index (χ2n) is 9.25. The largest absolute Gasteiger partial charge is 0.417 e. The Kier molecular flexibility index (Phi) is 6.79. The molecule has 5 nitrogen and oxygen atoms in total. The highest BCUT2D eigenvalue weighted by molar-refractivity contribution is 5.80. The maximum Gasteiger partial charge on any atom is 0.417 e. The van der Waals surface area contributed by atoms with E-state index in [-0.39, 0.29) is 11.6 Å². The van der Waals surface area contributed by atoms with Crippen LogP contribution in [0.15, 0.2) is 69.9 Å². The first-order valence-corrected chi connectivity index (χ1v) is 12.1. The van der Waals surface area contributed by atoms with Crippen molar-refractivity contribution >= 4 is 11.1 Å². The molecule has 1 unspecified atom stereocenters. The third-order valence-corrected chi connectivity index (χ3v) is 6.89. The zero-order valence-electron chi connectivity index (χ0n) is 19.8. The van der Waals surface area contributed by atoms with Gasteiger partial charge < -0.3 is 4.42 Å². The molecule has 1 fully saturated rings. The number of halogens is 2. The number of likely N-dealkylation sites (N-methyl/N-ethyl adjacent to an activating group) is 1. The Morgan fingerprint density at radius 1 is 1.03 bits per heavy atom. The van der Waals surface area contributed by atoms with Crippen molar-refractivity contribution < 1.29 is 13.2 Å². The quantitative estimate of drug-likeness (QED) is 0.361. The first-order chi connectivity index (χ1) is 17.0. The van der Waals surface area contributed by atoms with Crippen LogP contribution in [0.25, 0.3) is 22.2 Å². The molecule has 1 aliphatic rings. The van der Waals surface area contributed by atoms with E-state index in [1.165, 1.54) is 24.6 Å². The van der Waals surface area contributed by atoms with Crippen molar-refractivity contribution in [2.45, 2.75) is 38.9 Å². The number of rotatable bonds is 8. The summed E-state index contributed by atoms with van der Waals surface area (Å²) < 4.78 is 33.6. The lowest BCUT2D eigenvalue weighted by atomic mass is 10.0.